The van der Waals surface area contributed by atoms with Gasteiger partial charge >= 0.3 is 18.0 Å². The SMILES string of the molecule is CC(C)=C[C@H](NC(=O)OCC(C)(C)C)[C@@H](O)C(=O)OC1C[C@@]2(O)[C@@H](OC(=O)c3ccccc3)[C@@H]3[C@]4(O)CO[C@@H]4C[C@H](O)[C@@]3(C)C(=O)[C@H](O)C(=C1C)C2(C)C. The van der Waals surface area contributed by atoms with Crippen molar-refractivity contribution in [3.05, 3.63) is 58.7 Å². The number of allylic oxidation sites excluding steroid dienone is 1. The van der Waals surface area contributed by atoms with E-state index in [1.54, 1.807) is 45.9 Å². The van der Waals surface area contributed by atoms with Gasteiger partial charge in [-0.25, -0.2) is 14.4 Å². The van der Waals surface area contributed by atoms with E-state index in [4.69, 9.17) is 18.9 Å². The van der Waals surface area contributed by atoms with Crippen LogP contribution in [-0.4, -0.2) is 116 Å². The standard InChI is InChI=1S/C40H55NO13/c1-20(2)15-23(41-35(48)52-18-36(4,5)6)28(43)34(47)53-24-17-40(50)32(54-33(46)22-13-11-10-12-14-22)30-38(9,25(42)16-26-39(30,49)19-51-26)31(45)29(44)27(21(24)3)37(40,7)8/h10-15,23-26,28-30,32,42-44,49-50H,16-19H2,1-9H3,(H,41,48)/t23-,24?,25-,26+,28+,29+,30-,32-,38+,39-,40+/m0/s1. The molecule has 4 aliphatic rings. The predicted octanol–water partition coefficient (Wildman–Crippen LogP) is 2.53. The summed E-state index contributed by atoms with van der Waals surface area (Å²) in [5.74, 6) is -4.51. The summed E-state index contributed by atoms with van der Waals surface area (Å²) < 4.78 is 23.0. The van der Waals surface area contributed by atoms with Crippen molar-refractivity contribution in [3.63, 3.8) is 0 Å². The van der Waals surface area contributed by atoms with Crippen molar-refractivity contribution in [2.24, 2.45) is 22.2 Å². The average Bonchev–Trinajstić information content (AvgIpc) is 3.08. The van der Waals surface area contributed by atoms with Crippen molar-refractivity contribution in [1.82, 2.24) is 5.32 Å². The van der Waals surface area contributed by atoms with Crippen molar-refractivity contribution in [2.75, 3.05) is 13.2 Å². The van der Waals surface area contributed by atoms with Crippen LogP contribution in [0.15, 0.2) is 53.1 Å². The average molecular weight is 758 g/mol. The molecule has 14 heteroatoms. The number of hydrogen-bond donors (Lipinski definition) is 6. The minimum absolute atomic E-state index is 0.0371. The van der Waals surface area contributed by atoms with Crippen LogP contribution >= 0.6 is 0 Å². The van der Waals surface area contributed by atoms with Crippen LogP contribution in [0.3, 0.4) is 0 Å². The quantitative estimate of drug-likeness (QED) is 0.128. The number of Topliss-reactive ketones (excluding diaryl/α,β-unsaturated/α-hetero) is 1. The summed E-state index contributed by atoms with van der Waals surface area (Å²) in [6.45, 7) is 14.7. The van der Waals surface area contributed by atoms with Gasteiger partial charge in [0.1, 0.15) is 29.5 Å². The fraction of sp³-hybridized carbons (Fsp3) is 0.650. The molecule has 1 aromatic rings. The molecule has 1 saturated heterocycles. The fourth-order valence-electron chi connectivity index (χ4n) is 8.76. The Morgan fingerprint density at radius 3 is 2.24 bits per heavy atom. The number of alkyl carbamates (subject to hydrolysis) is 1. The van der Waals surface area contributed by atoms with Gasteiger partial charge in [0.05, 0.1) is 42.4 Å². The molecule has 0 radical (unpaired) electrons. The molecule has 2 bridgehead atoms. The molecule has 1 aromatic carbocycles. The number of rotatable bonds is 8. The number of nitrogens with one attached hydrogen (secondary N) is 1. The van der Waals surface area contributed by atoms with Crippen LogP contribution in [0.2, 0.25) is 0 Å². The second kappa shape index (κ2) is 14.4. The second-order valence-corrected chi connectivity index (χ2v) is 17.5. The summed E-state index contributed by atoms with van der Waals surface area (Å²) in [5, 5.41) is 62.8. The Bertz CT molecular complexity index is 1710. The van der Waals surface area contributed by atoms with Crippen LogP contribution in [0.4, 0.5) is 4.79 Å². The lowest BCUT2D eigenvalue weighted by Gasteiger charge is -2.66. The van der Waals surface area contributed by atoms with E-state index >= 15 is 0 Å². The molecule has 298 valence electrons. The Hall–Kier alpha value is -3.66. The van der Waals surface area contributed by atoms with Crippen LogP contribution in [0.1, 0.15) is 85.5 Å². The minimum Gasteiger partial charge on any atom is -0.456 e. The molecule has 5 rings (SSSR count). The molecule has 1 amide bonds. The maximum absolute atomic E-state index is 14.6. The highest BCUT2D eigenvalue weighted by molar-refractivity contribution is 5.94. The van der Waals surface area contributed by atoms with Crippen molar-refractivity contribution in [2.45, 2.75) is 129 Å². The first-order chi connectivity index (χ1) is 24.9. The van der Waals surface area contributed by atoms with Gasteiger partial charge in [-0.2, -0.15) is 0 Å². The van der Waals surface area contributed by atoms with Crippen LogP contribution in [0.5, 0.6) is 0 Å². The van der Waals surface area contributed by atoms with Gasteiger partial charge in [0.25, 0.3) is 0 Å². The summed E-state index contributed by atoms with van der Waals surface area (Å²) in [6, 6.07) is 6.60. The van der Waals surface area contributed by atoms with Gasteiger partial charge in [0.15, 0.2) is 11.9 Å². The Kier molecular flexibility index (Phi) is 11.1. The van der Waals surface area contributed by atoms with Crippen molar-refractivity contribution in [3.8, 4) is 0 Å². The molecule has 3 aliphatic carbocycles. The van der Waals surface area contributed by atoms with Crippen LogP contribution in [-0.2, 0) is 28.5 Å². The van der Waals surface area contributed by atoms with Crippen molar-refractivity contribution in [1.29, 1.82) is 0 Å². The predicted molar refractivity (Wildman–Crippen MR) is 193 cm³/mol. The summed E-state index contributed by atoms with van der Waals surface area (Å²) >= 11 is 0. The monoisotopic (exact) mass is 757 g/mol. The Morgan fingerprint density at radius 1 is 1.06 bits per heavy atom. The maximum atomic E-state index is 14.6. The molecule has 3 fully saturated rings. The number of carbonyl (C=O) groups excluding carboxylic acids is 4. The molecule has 0 aromatic heterocycles. The number of aliphatic hydroxyl groups excluding tert-OH is 3. The lowest BCUT2D eigenvalue weighted by Crippen LogP contribution is -2.81. The van der Waals surface area contributed by atoms with E-state index in [1.807, 2.05) is 20.8 Å². The smallest absolute Gasteiger partial charge is 0.407 e. The number of carbonyl (C=O) groups is 4. The van der Waals surface area contributed by atoms with Crippen LogP contribution < -0.4 is 5.32 Å². The van der Waals surface area contributed by atoms with E-state index in [1.165, 1.54) is 32.1 Å². The topological polar surface area (TPSA) is 218 Å². The van der Waals surface area contributed by atoms with Gasteiger partial charge in [-0.15, -0.1) is 0 Å². The second-order valence-electron chi connectivity index (χ2n) is 17.5. The first kappa shape index (κ1) is 41.5. The fourth-order valence-corrected chi connectivity index (χ4v) is 8.76. The molecule has 2 saturated carbocycles. The molecule has 14 nitrogen and oxygen atoms in total. The zero-order chi connectivity index (χ0) is 40.3. The Balaban J connectivity index is 1.60. The van der Waals surface area contributed by atoms with Crippen molar-refractivity contribution < 1.29 is 63.7 Å². The number of aliphatic hydroxyl groups is 5. The molecule has 1 unspecified atom stereocenters. The lowest BCUT2D eigenvalue weighted by atomic mass is 9.44. The highest BCUT2D eigenvalue weighted by atomic mass is 16.6. The van der Waals surface area contributed by atoms with Gasteiger partial charge in [0, 0.05) is 24.2 Å². The van der Waals surface area contributed by atoms with Gasteiger partial charge in [-0.1, -0.05) is 64.5 Å². The number of esters is 2. The maximum Gasteiger partial charge on any atom is 0.407 e. The summed E-state index contributed by atoms with van der Waals surface area (Å²) in [5.41, 5.74) is -7.19. The van der Waals surface area contributed by atoms with Gasteiger partial charge in [-0.3, -0.25) is 4.79 Å². The zero-order valence-electron chi connectivity index (χ0n) is 32.4. The molecule has 1 aliphatic heterocycles. The van der Waals surface area contributed by atoms with Crippen LogP contribution in [0.25, 0.3) is 0 Å². The van der Waals surface area contributed by atoms with E-state index in [-0.39, 0.29) is 41.8 Å². The Labute approximate surface area is 315 Å². The highest BCUT2D eigenvalue weighted by Crippen LogP contribution is 2.63. The summed E-state index contributed by atoms with van der Waals surface area (Å²) in [6.07, 6.45) is -9.66. The third kappa shape index (κ3) is 7.01. The lowest BCUT2D eigenvalue weighted by molar-refractivity contribution is -0.343. The van der Waals surface area contributed by atoms with Gasteiger partial charge in [0.2, 0.25) is 0 Å². The largest absolute Gasteiger partial charge is 0.456 e. The molecular weight excluding hydrogens is 702 g/mol. The highest BCUT2D eigenvalue weighted by Gasteiger charge is 2.76. The Morgan fingerprint density at radius 2 is 1.69 bits per heavy atom. The molecular formula is C40H55NO13. The van der Waals surface area contributed by atoms with Gasteiger partial charge < -0.3 is 49.8 Å². The first-order valence-electron chi connectivity index (χ1n) is 18.3. The number of amides is 1. The van der Waals surface area contributed by atoms with Crippen LogP contribution in [0, 0.1) is 22.2 Å². The normalized spacial score (nSPS) is 35.4. The number of benzene rings is 1. The number of ether oxygens (including phenoxy) is 4. The van der Waals surface area contributed by atoms with E-state index in [9.17, 15) is 44.7 Å². The minimum atomic E-state index is -2.29. The molecule has 1 heterocycles. The number of fused-ring (bicyclic) bond motifs is 5. The third-order valence-corrected chi connectivity index (χ3v) is 11.9. The molecule has 11 atom stereocenters. The molecule has 6 N–H and O–H groups in total. The summed E-state index contributed by atoms with van der Waals surface area (Å²) in [7, 11) is 0. The van der Waals surface area contributed by atoms with Crippen molar-refractivity contribution >= 4 is 23.8 Å². The number of hydrogen-bond acceptors (Lipinski definition) is 13. The molecule has 0 spiro atoms. The molecule has 54 heavy (non-hydrogen) atoms. The van der Waals surface area contributed by atoms with E-state index in [0.29, 0.717) is 5.57 Å². The zero-order valence-corrected chi connectivity index (χ0v) is 32.4. The number of ketones is 1. The first-order valence-corrected chi connectivity index (χ1v) is 18.3. The van der Waals surface area contributed by atoms with Gasteiger partial charge in [-0.05, 0) is 56.4 Å². The van der Waals surface area contributed by atoms with E-state index in [0.717, 1.165) is 0 Å². The third-order valence-electron chi connectivity index (χ3n) is 11.9. The van der Waals surface area contributed by atoms with E-state index in [2.05, 4.69) is 5.32 Å². The summed E-state index contributed by atoms with van der Waals surface area (Å²) in [4.78, 5) is 55.0. The van der Waals surface area contributed by atoms with E-state index < -0.39 is 101 Å².